The standard InChI is InChI=1S/C16H16F3NO3/c1-9(2)14-15(22)20-13(23-14)8-12(21)7-10-3-5-11(6-4-10)16(17,18)19/h3-6,8-9,14H,7H2,1-2H3,(H,20,22)/b13-8+/t14-/m0/s1. The Morgan fingerprint density at radius 2 is 1.91 bits per heavy atom. The number of ketones is 1. The largest absolute Gasteiger partial charge is 0.465 e. The van der Waals surface area contributed by atoms with E-state index in [9.17, 15) is 22.8 Å². The van der Waals surface area contributed by atoms with Gasteiger partial charge >= 0.3 is 6.18 Å². The van der Waals surface area contributed by atoms with Crippen LogP contribution in [0.4, 0.5) is 13.2 Å². The molecule has 1 aromatic rings. The normalized spacial score (nSPS) is 19.8. The molecule has 1 aliphatic heterocycles. The predicted octanol–water partition coefficient (Wildman–Crippen LogP) is 2.83. The van der Waals surface area contributed by atoms with E-state index in [1.54, 1.807) is 0 Å². The van der Waals surface area contributed by atoms with E-state index in [4.69, 9.17) is 4.74 Å². The lowest BCUT2D eigenvalue weighted by atomic mass is 10.1. The molecule has 1 saturated heterocycles. The van der Waals surface area contributed by atoms with Gasteiger partial charge in [-0.3, -0.25) is 14.9 Å². The molecule has 4 nitrogen and oxygen atoms in total. The van der Waals surface area contributed by atoms with Gasteiger partial charge in [0.25, 0.3) is 5.91 Å². The van der Waals surface area contributed by atoms with Crippen molar-refractivity contribution in [2.45, 2.75) is 32.5 Å². The first-order valence-corrected chi connectivity index (χ1v) is 7.05. The highest BCUT2D eigenvalue weighted by Crippen LogP contribution is 2.29. The Bertz CT molecular complexity index is 633. The van der Waals surface area contributed by atoms with Crippen molar-refractivity contribution < 1.29 is 27.5 Å². The van der Waals surface area contributed by atoms with Crippen molar-refractivity contribution in [2.75, 3.05) is 0 Å². The van der Waals surface area contributed by atoms with Crippen molar-refractivity contribution in [3.63, 3.8) is 0 Å². The molecule has 0 unspecified atom stereocenters. The van der Waals surface area contributed by atoms with Crippen molar-refractivity contribution in [3.8, 4) is 0 Å². The molecule has 0 aromatic heterocycles. The van der Waals surface area contributed by atoms with Crippen LogP contribution in [0.5, 0.6) is 0 Å². The van der Waals surface area contributed by atoms with E-state index in [2.05, 4.69) is 5.32 Å². The molecule has 1 aromatic carbocycles. The minimum Gasteiger partial charge on any atom is -0.465 e. The molecule has 0 aliphatic carbocycles. The van der Waals surface area contributed by atoms with Crippen LogP contribution in [0.1, 0.15) is 25.0 Å². The number of halogens is 3. The molecular formula is C16H16F3NO3. The quantitative estimate of drug-likeness (QED) is 0.865. The van der Waals surface area contributed by atoms with Crippen LogP contribution in [0, 0.1) is 5.92 Å². The van der Waals surface area contributed by atoms with E-state index >= 15 is 0 Å². The van der Waals surface area contributed by atoms with Crippen LogP contribution in [-0.4, -0.2) is 17.8 Å². The number of ether oxygens (including phenoxy) is 1. The molecule has 1 atom stereocenters. The third-order valence-corrected chi connectivity index (χ3v) is 3.32. The van der Waals surface area contributed by atoms with Gasteiger partial charge in [-0.25, -0.2) is 0 Å². The van der Waals surface area contributed by atoms with Gasteiger partial charge in [-0.15, -0.1) is 0 Å². The van der Waals surface area contributed by atoms with E-state index in [0.29, 0.717) is 5.56 Å². The maximum Gasteiger partial charge on any atom is 0.416 e. The van der Waals surface area contributed by atoms with Crippen molar-refractivity contribution in [3.05, 3.63) is 47.4 Å². The number of amides is 1. The van der Waals surface area contributed by atoms with Gasteiger partial charge in [-0.05, 0) is 23.6 Å². The highest BCUT2D eigenvalue weighted by atomic mass is 19.4. The van der Waals surface area contributed by atoms with Gasteiger partial charge in [-0.1, -0.05) is 26.0 Å². The first-order valence-electron chi connectivity index (χ1n) is 7.05. The van der Waals surface area contributed by atoms with Gasteiger partial charge in [0, 0.05) is 12.5 Å². The van der Waals surface area contributed by atoms with Crippen molar-refractivity contribution in [1.29, 1.82) is 0 Å². The minimum atomic E-state index is -4.40. The second-order valence-electron chi connectivity index (χ2n) is 5.62. The topological polar surface area (TPSA) is 55.4 Å². The number of hydrogen-bond acceptors (Lipinski definition) is 3. The Labute approximate surface area is 131 Å². The number of hydrogen-bond donors (Lipinski definition) is 1. The number of rotatable bonds is 4. The van der Waals surface area contributed by atoms with E-state index in [-0.39, 0.29) is 29.9 Å². The summed E-state index contributed by atoms with van der Waals surface area (Å²) >= 11 is 0. The molecule has 0 spiro atoms. The Balaban J connectivity index is 2.00. The highest BCUT2D eigenvalue weighted by Gasteiger charge is 2.32. The molecule has 7 heteroatoms. The summed E-state index contributed by atoms with van der Waals surface area (Å²) in [6.45, 7) is 3.63. The molecule has 0 radical (unpaired) electrons. The fourth-order valence-electron chi connectivity index (χ4n) is 2.13. The number of allylic oxidation sites excluding steroid dienone is 1. The maximum atomic E-state index is 12.5. The molecule has 1 amide bonds. The van der Waals surface area contributed by atoms with Gasteiger partial charge in [0.05, 0.1) is 5.56 Å². The Morgan fingerprint density at radius 1 is 1.30 bits per heavy atom. The fraction of sp³-hybridized carbons (Fsp3) is 0.375. The van der Waals surface area contributed by atoms with Crippen LogP contribution in [0.15, 0.2) is 36.2 Å². The molecule has 23 heavy (non-hydrogen) atoms. The maximum absolute atomic E-state index is 12.5. The van der Waals surface area contributed by atoms with Crippen LogP contribution < -0.4 is 5.32 Å². The molecular weight excluding hydrogens is 311 g/mol. The summed E-state index contributed by atoms with van der Waals surface area (Å²) in [4.78, 5) is 23.5. The summed E-state index contributed by atoms with van der Waals surface area (Å²) < 4.78 is 42.7. The number of carbonyl (C=O) groups excluding carboxylic acids is 2. The number of alkyl halides is 3. The van der Waals surface area contributed by atoms with Gasteiger partial charge in [-0.2, -0.15) is 13.2 Å². The number of benzene rings is 1. The monoisotopic (exact) mass is 327 g/mol. The van der Waals surface area contributed by atoms with Crippen LogP contribution in [0.3, 0.4) is 0 Å². The Kier molecular flexibility index (Phi) is 4.77. The summed E-state index contributed by atoms with van der Waals surface area (Å²) in [6, 6.07) is 4.37. The molecule has 1 heterocycles. The average Bonchev–Trinajstić information content (AvgIpc) is 2.79. The third-order valence-electron chi connectivity index (χ3n) is 3.32. The average molecular weight is 327 g/mol. The summed E-state index contributed by atoms with van der Waals surface area (Å²) in [5, 5.41) is 2.46. The van der Waals surface area contributed by atoms with Gasteiger partial charge in [0.2, 0.25) is 0 Å². The van der Waals surface area contributed by atoms with Crippen LogP contribution in [0.25, 0.3) is 0 Å². The SMILES string of the molecule is CC(C)[C@@H]1O/C(=C/C(=O)Cc2ccc(C(F)(F)F)cc2)NC1=O. The van der Waals surface area contributed by atoms with Crippen molar-refractivity contribution in [1.82, 2.24) is 5.32 Å². The van der Waals surface area contributed by atoms with E-state index < -0.39 is 17.8 Å². The molecule has 1 aliphatic rings. The lowest BCUT2D eigenvalue weighted by Gasteiger charge is -2.10. The molecule has 0 bridgehead atoms. The van der Waals surface area contributed by atoms with Crippen molar-refractivity contribution >= 4 is 11.7 Å². The summed E-state index contributed by atoms with van der Waals surface area (Å²) in [7, 11) is 0. The molecule has 1 N–H and O–H groups in total. The summed E-state index contributed by atoms with van der Waals surface area (Å²) in [5.74, 6) is -0.644. The van der Waals surface area contributed by atoms with E-state index in [1.807, 2.05) is 13.8 Å². The molecule has 0 saturated carbocycles. The summed E-state index contributed by atoms with van der Waals surface area (Å²) in [6.07, 6.45) is -3.97. The Hall–Kier alpha value is -2.31. The van der Waals surface area contributed by atoms with Crippen molar-refractivity contribution in [2.24, 2.45) is 5.92 Å². The van der Waals surface area contributed by atoms with Crippen LogP contribution >= 0.6 is 0 Å². The summed E-state index contributed by atoms with van der Waals surface area (Å²) in [5.41, 5.74) is -0.317. The van der Waals surface area contributed by atoms with Crippen LogP contribution in [0.2, 0.25) is 0 Å². The first-order chi connectivity index (χ1) is 10.7. The lowest BCUT2D eigenvalue weighted by Crippen LogP contribution is -2.27. The smallest absolute Gasteiger partial charge is 0.416 e. The zero-order valence-electron chi connectivity index (χ0n) is 12.6. The van der Waals surface area contributed by atoms with Gasteiger partial charge < -0.3 is 4.74 Å². The third kappa shape index (κ3) is 4.34. The van der Waals surface area contributed by atoms with Gasteiger partial charge in [0.15, 0.2) is 17.8 Å². The Morgan fingerprint density at radius 3 is 2.39 bits per heavy atom. The minimum absolute atomic E-state index is 0.0362. The second-order valence-corrected chi connectivity index (χ2v) is 5.62. The second kappa shape index (κ2) is 6.44. The number of carbonyl (C=O) groups is 2. The van der Waals surface area contributed by atoms with E-state index in [0.717, 1.165) is 18.2 Å². The van der Waals surface area contributed by atoms with E-state index in [1.165, 1.54) is 12.1 Å². The fourth-order valence-corrected chi connectivity index (χ4v) is 2.13. The zero-order chi connectivity index (χ0) is 17.2. The highest BCUT2D eigenvalue weighted by molar-refractivity contribution is 5.93. The zero-order valence-corrected chi connectivity index (χ0v) is 12.6. The molecule has 1 fully saturated rings. The lowest BCUT2D eigenvalue weighted by molar-refractivity contribution is -0.137. The number of nitrogens with one attached hydrogen (secondary N) is 1. The molecule has 124 valence electrons. The van der Waals surface area contributed by atoms with Gasteiger partial charge in [0.1, 0.15) is 0 Å². The molecule has 2 rings (SSSR count). The first kappa shape index (κ1) is 17.1. The van der Waals surface area contributed by atoms with Crippen LogP contribution in [-0.2, 0) is 26.9 Å². The predicted molar refractivity (Wildman–Crippen MR) is 76.1 cm³/mol.